The fourth-order valence-electron chi connectivity index (χ4n) is 2.59. The first kappa shape index (κ1) is 17.1. The van der Waals surface area contributed by atoms with E-state index in [0.29, 0.717) is 26.2 Å². The predicted molar refractivity (Wildman–Crippen MR) is 76.8 cm³/mol. The van der Waals surface area contributed by atoms with E-state index in [-0.39, 0.29) is 30.7 Å². The van der Waals surface area contributed by atoms with E-state index in [1.807, 2.05) is 20.8 Å². The summed E-state index contributed by atoms with van der Waals surface area (Å²) in [4.78, 5) is 0. The molecule has 0 aliphatic carbocycles. The van der Waals surface area contributed by atoms with Crippen molar-refractivity contribution in [2.45, 2.75) is 39.0 Å². The van der Waals surface area contributed by atoms with Gasteiger partial charge >= 0.3 is 0 Å². The molecule has 0 radical (unpaired) electrons. The summed E-state index contributed by atoms with van der Waals surface area (Å²) in [5.41, 5.74) is 0. The van der Waals surface area contributed by atoms with Crippen LogP contribution >= 0.6 is 12.4 Å². The maximum absolute atomic E-state index is 12.5. The van der Waals surface area contributed by atoms with Crippen molar-refractivity contribution in [3.05, 3.63) is 0 Å². The molecule has 1 N–H and O–H groups in total. The van der Waals surface area contributed by atoms with E-state index in [1.165, 1.54) is 0 Å². The van der Waals surface area contributed by atoms with Gasteiger partial charge in [0, 0.05) is 38.8 Å². The number of hydrogen-bond donors (Lipinski definition) is 1. The minimum absolute atomic E-state index is 0. The van der Waals surface area contributed by atoms with Crippen LogP contribution in [-0.2, 0) is 14.9 Å². The van der Waals surface area contributed by atoms with Crippen LogP contribution in [0, 0.1) is 0 Å². The smallest absolute Gasteiger partial charge is 0.282 e. The van der Waals surface area contributed by atoms with Gasteiger partial charge in [0.05, 0.1) is 12.2 Å². The molecule has 114 valence electrons. The Kier molecular flexibility index (Phi) is 6.03. The summed E-state index contributed by atoms with van der Waals surface area (Å²) in [6.07, 6.45) is -0.0762. The first-order valence-electron chi connectivity index (χ1n) is 6.53. The third kappa shape index (κ3) is 4.03. The standard InChI is InChI=1S/C11H23N3O3S.ClH/c1-9-6-13(5-4-12-9)18(15,16)14-7-10(2)17-11(3)8-14;/h9-12H,4-8H2,1-3H3;1H/t9-,10?,11?;/m1./s1. The van der Waals surface area contributed by atoms with E-state index in [1.54, 1.807) is 8.61 Å². The molecular weight excluding hydrogens is 290 g/mol. The Morgan fingerprint density at radius 1 is 1.05 bits per heavy atom. The van der Waals surface area contributed by atoms with Gasteiger partial charge in [0.25, 0.3) is 10.2 Å². The quantitative estimate of drug-likeness (QED) is 0.783. The Labute approximate surface area is 122 Å². The molecule has 0 aromatic carbocycles. The number of morpholine rings is 1. The molecule has 0 bridgehead atoms. The summed E-state index contributed by atoms with van der Waals surface area (Å²) in [5.74, 6) is 0. The zero-order chi connectivity index (χ0) is 13.3. The average molecular weight is 314 g/mol. The van der Waals surface area contributed by atoms with E-state index in [2.05, 4.69) is 5.32 Å². The molecule has 0 aromatic rings. The summed E-state index contributed by atoms with van der Waals surface area (Å²) in [7, 11) is -3.34. The molecule has 0 saturated carbocycles. The van der Waals surface area contributed by atoms with Crippen molar-refractivity contribution in [2.24, 2.45) is 0 Å². The number of ether oxygens (including phenoxy) is 1. The van der Waals surface area contributed by atoms with Crippen LogP contribution in [0.5, 0.6) is 0 Å². The van der Waals surface area contributed by atoms with Gasteiger partial charge in [-0.2, -0.15) is 17.0 Å². The van der Waals surface area contributed by atoms with Crippen LogP contribution in [0.4, 0.5) is 0 Å². The van der Waals surface area contributed by atoms with Crippen LogP contribution in [0.15, 0.2) is 0 Å². The minimum atomic E-state index is -3.34. The van der Waals surface area contributed by atoms with Crippen molar-refractivity contribution in [3.63, 3.8) is 0 Å². The van der Waals surface area contributed by atoms with E-state index in [9.17, 15) is 8.42 Å². The van der Waals surface area contributed by atoms with Gasteiger partial charge in [-0.05, 0) is 20.8 Å². The average Bonchev–Trinajstić information content (AvgIpc) is 2.27. The van der Waals surface area contributed by atoms with Gasteiger partial charge in [0.1, 0.15) is 0 Å². The second-order valence-corrected chi connectivity index (χ2v) is 7.22. The first-order valence-corrected chi connectivity index (χ1v) is 7.93. The van der Waals surface area contributed by atoms with Gasteiger partial charge in [-0.25, -0.2) is 0 Å². The fourth-order valence-corrected chi connectivity index (χ4v) is 4.45. The molecule has 3 atom stereocenters. The summed E-state index contributed by atoms with van der Waals surface area (Å²) >= 11 is 0. The topological polar surface area (TPSA) is 61.9 Å². The summed E-state index contributed by atoms with van der Waals surface area (Å²) in [6.45, 7) is 8.55. The lowest BCUT2D eigenvalue weighted by Crippen LogP contribution is -2.58. The molecule has 2 aliphatic rings. The number of halogens is 1. The molecule has 2 unspecified atom stereocenters. The maximum atomic E-state index is 12.5. The molecule has 8 heteroatoms. The molecule has 2 rings (SSSR count). The highest BCUT2D eigenvalue weighted by molar-refractivity contribution is 7.86. The van der Waals surface area contributed by atoms with E-state index < -0.39 is 10.2 Å². The van der Waals surface area contributed by atoms with Gasteiger partial charge in [0.15, 0.2) is 0 Å². The Bertz CT molecular complexity index is 383. The molecule has 2 saturated heterocycles. The Morgan fingerprint density at radius 3 is 2.16 bits per heavy atom. The number of nitrogens with zero attached hydrogens (tertiary/aromatic N) is 2. The zero-order valence-electron chi connectivity index (χ0n) is 11.7. The zero-order valence-corrected chi connectivity index (χ0v) is 13.3. The highest BCUT2D eigenvalue weighted by Crippen LogP contribution is 2.18. The molecule has 19 heavy (non-hydrogen) atoms. The second-order valence-electron chi connectivity index (χ2n) is 5.30. The first-order chi connectivity index (χ1) is 8.39. The van der Waals surface area contributed by atoms with Crippen LogP contribution in [-0.4, -0.2) is 68.0 Å². The van der Waals surface area contributed by atoms with Crippen molar-refractivity contribution in [1.29, 1.82) is 0 Å². The van der Waals surface area contributed by atoms with Crippen LogP contribution < -0.4 is 5.32 Å². The minimum Gasteiger partial charge on any atom is -0.373 e. The fraction of sp³-hybridized carbons (Fsp3) is 1.00. The van der Waals surface area contributed by atoms with Gasteiger partial charge in [-0.15, -0.1) is 12.4 Å². The van der Waals surface area contributed by atoms with Gasteiger partial charge in [-0.3, -0.25) is 0 Å². The monoisotopic (exact) mass is 313 g/mol. The van der Waals surface area contributed by atoms with Crippen LogP contribution in [0.3, 0.4) is 0 Å². The molecule has 2 fully saturated rings. The number of rotatable bonds is 2. The van der Waals surface area contributed by atoms with Gasteiger partial charge in [0.2, 0.25) is 0 Å². The van der Waals surface area contributed by atoms with Crippen molar-refractivity contribution in [3.8, 4) is 0 Å². The molecule has 0 amide bonds. The lowest BCUT2D eigenvalue weighted by molar-refractivity contribution is -0.0456. The molecule has 2 aliphatic heterocycles. The highest BCUT2D eigenvalue weighted by Gasteiger charge is 2.36. The SMILES string of the molecule is CC1CN(S(=O)(=O)N2CCN[C@H](C)C2)CC(C)O1.Cl. The third-order valence-electron chi connectivity index (χ3n) is 3.37. The van der Waals surface area contributed by atoms with E-state index >= 15 is 0 Å². The molecular formula is C11H24ClN3O3S. The molecule has 0 spiro atoms. The molecule has 6 nitrogen and oxygen atoms in total. The van der Waals surface area contributed by atoms with E-state index in [0.717, 1.165) is 6.54 Å². The number of piperazine rings is 1. The Morgan fingerprint density at radius 2 is 1.63 bits per heavy atom. The molecule has 0 aromatic heterocycles. The lowest BCUT2D eigenvalue weighted by Gasteiger charge is -2.39. The van der Waals surface area contributed by atoms with Gasteiger partial charge < -0.3 is 10.1 Å². The van der Waals surface area contributed by atoms with Gasteiger partial charge in [-0.1, -0.05) is 0 Å². The van der Waals surface area contributed by atoms with Crippen molar-refractivity contribution < 1.29 is 13.2 Å². The summed E-state index contributed by atoms with van der Waals surface area (Å²) < 4.78 is 33.8. The highest BCUT2D eigenvalue weighted by atomic mass is 35.5. The summed E-state index contributed by atoms with van der Waals surface area (Å²) in [6, 6.07) is 0.212. The number of nitrogens with one attached hydrogen (secondary N) is 1. The largest absolute Gasteiger partial charge is 0.373 e. The second kappa shape index (κ2) is 6.69. The maximum Gasteiger partial charge on any atom is 0.282 e. The van der Waals surface area contributed by atoms with Crippen LogP contribution in [0.25, 0.3) is 0 Å². The summed E-state index contributed by atoms with van der Waals surface area (Å²) in [5, 5.41) is 3.26. The van der Waals surface area contributed by atoms with Crippen LogP contribution in [0.1, 0.15) is 20.8 Å². The van der Waals surface area contributed by atoms with Crippen molar-refractivity contribution in [1.82, 2.24) is 13.9 Å². The molecule has 2 heterocycles. The van der Waals surface area contributed by atoms with Crippen LogP contribution in [0.2, 0.25) is 0 Å². The van der Waals surface area contributed by atoms with E-state index in [4.69, 9.17) is 4.74 Å². The number of hydrogen-bond acceptors (Lipinski definition) is 4. The Hall–Kier alpha value is 0.0800. The van der Waals surface area contributed by atoms with Crippen molar-refractivity contribution >= 4 is 22.6 Å². The lowest BCUT2D eigenvalue weighted by atomic mass is 10.3. The van der Waals surface area contributed by atoms with Crippen molar-refractivity contribution in [2.75, 3.05) is 32.7 Å². The third-order valence-corrected chi connectivity index (χ3v) is 5.31. The normalized spacial score (nSPS) is 34.8. The predicted octanol–water partition coefficient (Wildman–Crippen LogP) is 0.0559. The Balaban J connectivity index is 0.00000180.